The molecule has 0 saturated heterocycles. The fraction of sp³-hybridized carbons (Fsp3) is 1.00. The Morgan fingerprint density at radius 3 is 1.81 bits per heavy atom. The summed E-state index contributed by atoms with van der Waals surface area (Å²) >= 11 is 0. The van der Waals surface area contributed by atoms with Gasteiger partial charge in [0.15, 0.2) is 0 Å². The van der Waals surface area contributed by atoms with E-state index in [-0.39, 0.29) is 0 Å². The molecule has 0 aromatic rings. The summed E-state index contributed by atoms with van der Waals surface area (Å²) in [5.74, 6) is 2.71. The molecular weight excluding hydrogens is 192 g/mol. The zero-order valence-electron chi connectivity index (χ0n) is 12.6. The molecule has 1 rings (SSSR count). The van der Waals surface area contributed by atoms with Gasteiger partial charge in [-0.1, -0.05) is 61.3 Å². The fourth-order valence-corrected chi connectivity index (χ4v) is 3.48. The van der Waals surface area contributed by atoms with E-state index in [4.69, 9.17) is 0 Å². The average molecular weight is 224 g/mol. The molecule has 1 aliphatic carbocycles. The van der Waals surface area contributed by atoms with Crippen molar-refractivity contribution in [1.29, 1.82) is 0 Å². The standard InChI is InChI=1S/C16H32/c1-12(15(2,3)4)13-10-8-9-11-14(13)16(5,6)7/h12-14H,8-11H2,1-7H3. The van der Waals surface area contributed by atoms with Crippen LogP contribution >= 0.6 is 0 Å². The Morgan fingerprint density at radius 2 is 1.38 bits per heavy atom. The maximum atomic E-state index is 2.48. The van der Waals surface area contributed by atoms with E-state index < -0.39 is 0 Å². The minimum absolute atomic E-state index is 0.464. The second-order valence-electron chi connectivity index (χ2n) is 8.08. The van der Waals surface area contributed by atoms with Crippen molar-refractivity contribution in [2.75, 3.05) is 0 Å². The summed E-state index contributed by atoms with van der Waals surface area (Å²) < 4.78 is 0. The van der Waals surface area contributed by atoms with Gasteiger partial charge in [0.1, 0.15) is 0 Å². The highest BCUT2D eigenvalue weighted by atomic mass is 14.4. The van der Waals surface area contributed by atoms with Crippen molar-refractivity contribution in [3.8, 4) is 0 Å². The van der Waals surface area contributed by atoms with Crippen LogP contribution < -0.4 is 0 Å². The van der Waals surface area contributed by atoms with E-state index in [0.29, 0.717) is 10.8 Å². The van der Waals surface area contributed by atoms with Crippen molar-refractivity contribution in [3.63, 3.8) is 0 Å². The molecule has 0 N–H and O–H groups in total. The maximum Gasteiger partial charge on any atom is -0.0334 e. The lowest BCUT2D eigenvalue weighted by Gasteiger charge is -2.47. The van der Waals surface area contributed by atoms with Crippen LogP contribution in [0.2, 0.25) is 0 Å². The van der Waals surface area contributed by atoms with Gasteiger partial charge in [0.2, 0.25) is 0 Å². The topological polar surface area (TPSA) is 0 Å². The van der Waals surface area contributed by atoms with Crippen molar-refractivity contribution in [1.82, 2.24) is 0 Å². The van der Waals surface area contributed by atoms with E-state index in [1.165, 1.54) is 25.7 Å². The van der Waals surface area contributed by atoms with Crippen LogP contribution in [0.3, 0.4) is 0 Å². The molecule has 0 aliphatic heterocycles. The van der Waals surface area contributed by atoms with Crippen molar-refractivity contribution in [3.05, 3.63) is 0 Å². The molecule has 3 atom stereocenters. The minimum atomic E-state index is 0.464. The molecule has 96 valence electrons. The molecule has 0 aromatic heterocycles. The Balaban J connectivity index is 2.83. The van der Waals surface area contributed by atoms with E-state index in [0.717, 1.165) is 17.8 Å². The molecule has 1 saturated carbocycles. The van der Waals surface area contributed by atoms with Crippen LogP contribution in [0.5, 0.6) is 0 Å². The van der Waals surface area contributed by atoms with Gasteiger partial charge in [-0.05, 0) is 41.4 Å². The number of hydrogen-bond acceptors (Lipinski definition) is 0. The van der Waals surface area contributed by atoms with Crippen LogP contribution in [-0.2, 0) is 0 Å². The van der Waals surface area contributed by atoms with Gasteiger partial charge in [-0.25, -0.2) is 0 Å². The van der Waals surface area contributed by atoms with Crippen LogP contribution in [0.4, 0.5) is 0 Å². The molecule has 0 amide bonds. The predicted molar refractivity (Wildman–Crippen MR) is 73.5 cm³/mol. The third kappa shape index (κ3) is 3.25. The zero-order chi connectivity index (χ0) is 12.6. The first kappa shape index (κ1) is 14.1. The van der Waals surface area contributed by atoms with Gasteiger partial charge in [-0.15, -0.1) is 0 Å². The third-order valence-corrected chi connectivity index (χ3v) is 4.94. The zero-order valence-corrected chi connectivity index (χ0v) is 12.6. The Morgan fingerprint density at radius 1 is 0.875 bits per heavy atom. The Labute approximate surface area is 103 Å². The minimum Gasteiger partial charge on any atom is -0.0617 e. The fourth-order valence-electron chi connectivity index (χ4n) is 3.48. The first-order valence-corrected chi connectivity index (χ1v) is 7.14. The molecule has 0 nitrogen and oxygen atoms in total. The quantitative estimate of drug-likeness (QED) is 0.550. The monoisotopic (exact) mass is 224 g/mol. The van der Waals surface area contributed by atoms with Gasteiger partial charge < -0.3 is 0 Å². The molecule has 1 fully saturated rings. The summed E-state index contributed by atoms with van der Waals surface area (Å²) in [5.41, 5.74) is 0.954. The van der Waals surface area contributed by atoms with E-state index in [2.05, 4.69) is 48.5 Å². The van der Waals surface area contributed by atoms with Gasteiger partial charge in [0, 0.05) is 0 Å². The van der Waals surface area contributed by atoms with Crippen molar-refractivity contribution in [2.24, 2.45) is 28.6 Å². The van der Waals surface area contributed by atoms with Crippen molar-refractivity contribution in [2.45, 2.75) is 74.1 Å². The van der Waals surface area contributed by atoms with Crippen LogP contribution in [0.25, 0.3) is 0 Å². The van der Waals surface area contributed by atoms with Crippen LogP contribution in [-0.4, -0.2) is 0 Å². The molecule has 0 heteroatoms. The first-order valence-electron chi connectivity index (χ1n) is 7.14. The second kappa shape index (κ2) is 4.70. The summed E-state index contributed by atoms with van der Waals surface area (Å²) in [6.45, 7) is 17.0. The summed E-state index contributed by atoms with van der Waals surface area (Å²) in [6, 6.07) is 0. The lowest BCUT2D eigenvalue weighted by atomic mass is 9.59. The predicted octanol–water partition coefficient (Wildman–Crippen LogP) is 5.52. The van der Waals surface area contributed by atoms with Gasteiger partial charge in [0.05, 0.1) is 0 Å². The molecule has 0 radical (unpaired) electrons. The van der Waals surface area contributed by atoms with E-state index in [9.17, 15) is 0 Å². The molecular formula is C16H32. The second-order valence-corrected chi connectivity index (χ2v) is 8.08. The summed E-state index contributed by atoms with van der Waals surface area (Å²) in [6.07, 6.45) is 5.82. The molecule has 3 unspecified atom stereocenters. The van der Waals surface area contributed by atoms with Crippen LogP contribution in [0.1, 0.15) is 74.1 Å². The Kier molecular flexibility index (Phi) is 4.13. The van der Waals surface area contributed by atoms with E-state index >= 15 is 0 Å². The third-order valence-electron chi connectivity index (χ3n) is 4.94. The van der Waals surface area contributed by atoms with E-state index in [1.54, 1.807) is 0 Å². The molecule has 0 spiro atoms. The highest BCUT2D eigenvalue weighted by Crippen LogP contribution is 2.48. The van der Waals surface area contributed by atoms with Gasteiger partial charge in [-0.3, -0.25) is 0 Å². The smallest absolute Gasteiger partial charge is 0.0334 e. The summed E-state index contributed by atoms with van der Waals surface area (Å²) in [7, 11) is 0. The molecule has 16 heavy (non-hydrogen) atoms. The lowest BCUT2D eigenvalue weighted by Crippen LogP contribution is -2.38. The highest BCUT2D eigenvalue weighted by Gasteiger charge is 2.39. The van der Waals surface area contributed by atoms with Crippen LogP contribution in [0, 0.1) is 28.6 Å². The SMILES string of the molecule is CC(C1CCCCC1C(C)(C)C)C(C)(C)C. The molecule has 0 aromatic carbocycles. The van der Waals surface area contributed by atoms with E-state index in [1.807, 2.05) is 0 Å². The number of rotatable bonds is 1. The maximum absolute atomic E-state index is 2.48. The Hall–Kier alpha value is 0. The molecule has 0 bridgehead atoms. The number of hydrogen-bond donors (Lipinski definition) is 0. The van der Waals surface area contributed by atoms with Gasteiger partial charge in [0.25, 0.3) is 0 Å². The van der Waals surface area contributed by atoms with Crippen LogP contribution in [0.15, 0.2) is 0 Å². The first-order chi connectivity index (χ1) is 7.14. The molecule has 1 aliphatic rings. The summed E-state index contributed by atoms with van der Waals surface area (Å²) in [5, 5.41) is 0. The Bertz CT molecular complexity index is 213. The average Bonchev–Trinajstić information content (AvgIpc) is 2.14. The summed E-state index contributed by atoms with van der Waals surface area (Å²) in [4.78, 5) is 0. The largest absolute Gasteiger partial charge is 0.0617 e. The lowest BCUT2D eigenvalue weighted by molar-refractivity contribution is 0.0293. The highest BCUT2D eigenvalue weighted by molar-refractivity contribution is 4.89. The van der Waals surface area contributed by atoms with Crippen molar-refractivity contribution < 1.29 is 0 Å². The molecule has 0 heterocycles. The van der Waals surface area contributed by atoms with Gasteiger partial charge >= 0.3 is 0 Å². The van der Waals surface area contributed by atoms with Crippen molar-refractivity contribution >= 4 is 0 Å². The normalized spacial score (nSPS) is 30.2. The van der Waals surface area contributed by atoms with Gasteiger partial charge in [-0.2, -0.15) is 0 Å².